The van der Waals surface area contributed by atoms with Gasteiger partial charge in [-0.25, -0.2) is 0 Å². The molecule has 0 bridgehead atoms. The van der Waals surface area contributed by atoms with E-state index in [2.05, 4.69) is 10.6 Å². The minimum Gasteiger partial charge on any atom is -0.347 e. The predicted molar refractivity (Wildman–Crippen MR) is 66.4 cm³/mol. The average Bonchev–Trinajstić information content (AvgIpc) is 2.75. The number of aromatic nitrogens is 1. The Kier molecular flexibility index (Phi) is 4.65. The molecule has 1 aliphatic heterocycles. The second kappa shape index (κ2) is 5.57. The number of amides is 1. The van der Waals surface area contributed by atoms with Crippen LogP contribution in [-0.4, -0.2) is 29.6 Å². The van der Waals surface area contributed by atoms with Crippen LogP contribution in [0.5, 0.6) is 0 Å². The topological polar surface area (TPSA) is 46.1 Å². The number of carbonyl (C=O) groups is 1. The highest BCUT2D eigenvalue weighted by atomic mass is 35.5. The Morgan fingerprint density at radius 1 is 1.69 bits per heavy atom. The van der Waals surface area contributed by atoms with Crippen LogP contribution in [-0.2, 0) is 7.05 Å². The molecule has 1 fully saturated rings. The van der Waals surface area contributed by atoms with Gasteiger partial charge in [-0.1, -0.05) is 11.6 Å². The van der Waals surface area contributed by atoms with Gasteiger partial charge in [-0.05, 0) is 19.0 Å². The van der Waals surface area contributed by atoms with Crippen LogP contribution in [0.1, 0.15) is 16.9 Å². The summed E-state index contributed by atoms with van der Waals surface area (Å²) >= 11 is 5.81. The van der Waals surface area contributed by atoms with Crippen molar-refractivity contribution in [2.75, 3.05) is 13.1 Å². The zero-order chi connectivity index (χ0) is 10.8. The van der Waals surface area contributed by atoms with Crippen molar-refractivity contribution in [1.29, 1.82) is 0 Å². The van der Waals surface area contributed by atoms with Gasteiger partial charge >= 0.3 is 0 Å². The average molecular weight is 264 g/mol. The highest BCUT2D eigenvalue weighted by molar-refractivity contribution is 6.31. The number of nitrogens with zero attached hydrogens (tertiary/aromatic N) is 1. The maximum atomic E-state index is 11.8. The number of hydrogen-bond donors (Lipinski definition) is 2. The molecule has 2 N–H and O–H groups in total. The maximum absolute atomic E-state index is 11.8. The summed E-state index contributed by atoms with van der Waals surface area (Å²) in [7, 11) is 1.81. The Hall–Kier alpha value is -0.710. The van der Waals surface area contributed by atoms with Gasteiger partial charge in [0.1, 0.15) is 5.69 Å². The summed E-state index contributed by atoms with van der Waals surface area (Å²) in [6, 6.07) is 1.92. The predicted octanol–water partition coefficient (Wildman–Crippen LogP) is 1.19. The number of carbonyl (C=O) groups excluding carboxylic acids is 1. The van der Waals surface area contributed by atoms with Gasteiger partial charge in [-0.2, -0.15) is 0 Å². The van der Waals surface area contributed by atoms with E-state index in [1.54, 1.807) is 16.8 Å². The Labute approximate surface area is 106 Å². The number of halogens is 2. The van der Waals surface area contributed by atoms with Crippen LogP contribution < -0.4 is 10.6 Å². The quantitative estimate of drug-likeness (QED) is 0.843. The molecule has 90 valence electrons. The molecule has 0 saturated carbocycles. The zero-order valence-electron chi connectivity index (χ0n) is 9.00. The lowest BCUT2D eigenvalue weighted by Crippen LogP contribution is -2.37. The highest BCUT2D eigenvalue weighted by Crippen LogP contribution is 2.13. The lowest BCUT2D eigenvalue weighted by Gasteiger charge is -2.11. The van der Waals surface area contributed by atoms with Gasteiger partial charge in [-0.3, -0.25) is 4.79 Å². The third kappa shape index (κ3) is 2.90. The van der Waals surface area contributed by atoms with E-state index in [0.717, 1.165) is 19.5 Å². The van der Waals surface area contributed by atoms with Gasteiger partial charge in [0.25, 0.3) is 5.91 Å². The first-order chi connectivity index (χ1) is 7.16. The minimum absolute atomic E-state index is 0. The molecule has 1 amide bonds. The summed E-state index contributed by atoms with van der Waals surface area (Å²) in [5.74, 6) is -0.0573. The van der Waals surface area contributed by atoms with Crippen LogP contribution in [0.25, 0.3) is 0 Å². The summed E-state index contributed by atoms with van der Waals surface area (Å²) in [5, 5.41) is 6.76. The van der Waals surface area contributed by atoms with E-state index in [9.17, 15) is 4.79 Å². The van der Waals surface area contributed by atoms with E-state index in [4.69, 9.17) is 11.6 Å². The largest absolute Gasteiger partial charge is 0.347 e. The molecule has 1 aromatic heterocycles. The van der Waals surface area contributed by atoms with Crippen molar-refractivity contribution in [1.82, 2.24) is 15.2 Å². The number of aryl methyl sites for hydroxylation is 1. The van der Waals surface area contributed by atoms with E-state index >= 15 is 0 Å². The van der Waals surface area contributed by atoms with Gasteiger partial charge in [0.15, 0.2) is 0 Å². The standard InChI is InChI=1S/C10H14ClN3O.ClH/c1-14-6-7(11)4-9(14)10(15)13-8-2-3-12-5-8;/h4,6,8,12H,2-3,5H2,1H3,(H,13,15);1H. The van der Waals surface area contributed by atoms with Crippen LogP contribution in [0.4, 0.5) is 0 Å². The molecule has 1 aliphatic rings. The van der Waals surface area contributed by atoms with Crippen LogP contribution in [0.3, 0.4) is 0 Å². The lowest BCUT2D eigenvalue weighted by molar-refractivity contribution is 0.0932. The third-order valence-corrected chi connectivity index (χ3v) is 2.81. The van der Waals surface area contributed by atoms with Crippen LogP contribution in [0.15, 0.2) is 12.3 Å². The molecule has 0 aromatic carbocycles. The molecule has 6 heteroatoms. The summed E-state index contributed by atoms with van der Waals surface area (Å²) in [4.78, 5) is 11.8. The van der Waals surface area contributed by atoms with Crippen molar-refractivity contribution in [3.05, 3.63) is 23.0 Å². The molecule has 2 rings (SSSR count). The highest BCUT2D eigenvalue weighted by Gasteiger charge is 2.19. The monoisotopic (exact) mass is 263 g/mol. The number of nitrogens with one attached hydrogen (secondary N) is 2. The van der Waals surface area contributed by atoms with Gasteiger partial charge in [-0.15, -0.1) is 12.4 Å². The van der Waals surface area contributed by atoms with E-state index in [-0.39, 0.29) is 24.4 Å². The first-order valence-electron chi connectivity index (χ1n) is 5.00. The fourth-order valence-electron chi connectivity index (χ4n) is 1.79. The Balaban J connectivity index is 0.00000128. The normalized spacial score (nSPS) is 19.2. The number of hydrogen-bond acceptors (Lipinski definition) is 2. The SMILES string of the molecule is Cl.Cn1cc(Cl)cc1C(=O)NC1CCNC1. The molecule has 0 radical (unpaired) electrons. The lowest BCUT2D eigenvalue weighted by atomic mass is 10.2. The van der Waals surface area contributed by atoms with Crippen molar-refractivity contribution >= 4 is 29.9 Å². The van der Waals surface area contributed by atoms with Crippen LogP contribution in [0.2, 0.25) is 5.02 Å². The number of rotatable bonds is 2. The van der Waals surface area contributed by atoms with Crippen molar-refractivity contribution in [2.45, 2.75) is 12.5 Å². The molecule has 1 atom stereocenters. The molecule has 2 heterocycles. The Morgan fingerprint density at radius 2 is 2.44 bits per heavy atom. The zero-order valence-corrected chi connectivity index (χ0v) is 10.6. The van der Waals surface area contributed by atoms with Crippen molar-refractivity contribution in [3.8, 4) is 0 Å². The fraction of sp³-hybridized carbons (Fsp3) is 0.500. The van der Waals surface area contributed by atoms with E-state index in [1.165, 1.54) is 0 Å². The van der Waals surface area contributed by atoms with E-state index in [1.807, 2.05) is 7.05 Å². The summed E-state index contributed by atoms with van der Waals surface area (Å²) in [6.45, 7) is 1.82. The van der Waals surface area contributed by atoms with E-state index < -0.39 is 0 Å². The molecular weight excluding hydrogens is 249 g/mol. The first-order valence-corrected chi connectivity index (χ1v) is 5.38. The van der Waals surface area contributed by atoms with Crippen LogP contribution >= 0.6 is 24.0 Å². The molecular formula is C10H15Cl2N3O. The third-order valence-electron chi connectivity index (χ3n) is 2.60. The molecule has 1 saturated heterocycles. The second-order valence-corrected chi connectivity index (χ2v) is 4.25. The molecule has 1 aromatic rings. The van der Waals surface area contributed by atoms with Crippen molar-refractivity contribution < 1.29 is 4.79 Å². The van der Waals surface area contributed by atoms with Gasteiger partial charge in [0.05, 0.1) is 5.02 Å². The van der Waals surface area contributed by atoms with Gasteiger partial charge < -0.3 is 15.2 Å². The summed E-state index contributed by atoms with van der Waals surface area (Å²) in [6.07, 6.45) is 2.72. The van der Waals surface area contributed by atoms with Gasteiger partial charge in [0.2, 0.25) is 0 Å². The molecule has 1 unspecified atom stereocenters. The second-order valence-electron chi connectivity index (χ2n) is 3.82. The Bertz CT molecular complexity index is 372. The molecule has 16 heavy (non-hydrogen) atoms. The van der Waals surface area contributed by atoms with Crippen molar-refractivity contribution in [2.24, 2.45) is 7.05 Å². The fourth-order valence-corrected chi connectivity index (χ4v) is 2.04. The minimum atomic E-state index is -0.0573. The first kappa shape index (κ1) is 13.4. The summed E-state index contributed by atoms with van der Waals surface area (Å²) in [5.41, 5.74) is 0.604. The molecule has 4 nitrogen and oxygen atoms in total. The van der Waals surface area contributed by atoms with Crippen molar-refractivity contribution in [3.63, 3.8) is 0 Å². The smallest absolute Gasteiger partial charge is 0.268 e. The summed E-state index contributed by atoms with van der Waals surface area (Å²) < 4.78 is 1.74. The molecule has 0 aliphatic carbocycles. The van der Waals surface area contributed by atoms with Crippen LogP contribution in [0, 0.1) is 0 Å². The van der Waals surface area contributed by atoms with Gasteiger partial charge in [0, 0.05) is 25.8 Å². The van der Waals surface area contributed by atoms with E-state index in [0.29, 0.717) is 10.7 Å². The molecule has 0 spiro atoms. The Morgan fingerprint density at radius 3 is 2.94 bits per heavy atom. The maximum Gasteiger partial charge on any atom is 0.268 e.